The van der Waals surface area contributed by atoms with E-state index in [9.17, 15) is 9.18 Å². The van der Waals surface area contributed by atoms with Crippen molar-refractivity contribution >= 4 is 11.7 Å². The molecule has 82 valence electrons. The first-order valence-corrected chi connectivity index (χ1v) is 4.53. The molecule has 4 nitrogen and oxygen atoms in total. The molecule has 0 aromatic heterocycles. The highest BCUT2D eigenvalue weighted by Crippen LogP contribution is 2.20. The van der Waals surface area contributed by atoms with Gasteiger partial charge in [-0.25, -0.2) is 4.39 Å². The molecule has 5 N–H and O–H groups in total. The number of benzene rings is 1. The summed E-state index contributed by atoms with van der Waals surface area (Å²) in [6.45, 7) is 0. The maximum atomic E-state index is 12.8. The van der Waals surface area contributed by atoms with E-state index in [1.807, 2.05) is 0 Å². The summed E-state index contributed by atoms with van der Waals surface area (Å²) < 4.78 is 12.8. The van der Waals surface area contributed by atoms with Crippen LogP contribution < -0.4 is 11.5 Å². The van der Waals surface area contributed by atoms with Crippen molar-refractivity contribution in [3.8, 4) is 0 Å². The third-order valence-corrected chi connectivity index (χ3v) is 2.12. The van der Waals surface area contributed by atoms with E-state index in [1.54, 1.807) is 0 Å². The van der Waals surface area contributed by atoms with Crippen LogP contribution >= 0.6 is 0 Å². The molecule has 1 atom stereocenters. The standard InChI is InChI=1S/C10H13FN2O2/c11-7-2-1-6(5-9(7)13)8(12)3-4-10(14)15/h1-2,5,8H,3-4,12-13H2,(H,14,15). The molecule has 0 heterocycles. The number of carbonyl (C=O) groups is 1. The molecule has 5 heteroatoms. The van der Waals surface area contributed by atoms with Crippen LogP contribution in [0.15, 0.2) is 18.2 Å². The lowest BCUT2D eigenvalue weighted by Crippen LogP contribution is -2.12. The van der Waals surface area contributed by atoms with Crippen molar-refractivity contribution in [2.45, 2.75) is 18.9 Å². The first kappa shape index (κ1) is 11.5. The van der Waals surface area contributed by atoms with E-state index in [1.165, 1.54) is 18.2 Å². The number of nitrogens with two attached hydrogens (primary N) is 2. The van der Waals surface area contributed by atoms with Gasteiger partial charge in [-0.05, 0) is 24.1 Å². The van der Waals surface area contributed by atoms with Crippen molar-refractivity contribution in [3.05, 3.63) is 29.6 Å². The molecule has 0 aliphatic carbocycles. The van der Waals surface area contributed by atoms with Gasteiger partial charge < -0.3 is 16.6 Å². The normalized spacial score (nSPS) is 12.4. The van der Waals surface area contributed by atoms with Crippen LogP contribution in [0.3, 0.4) is 0 Å². The van der Waals surface area contributed by atoms with Crippen molar-refractivity contribution in [2.75, 3.05) is 5.73 Å². The summed E-state index contributed by atoms with van der Waals surface area (Å²) >= 11 is 0. The Hall–Kier alpha value is -1.62. The van der Waals surface area contributed by atoms with E-state index in [2.05, 4.69) is 0 Å². The largest absolute Gasteiger partial charge is 0.481 e. The molecule has 0 fully saturated rings. The molecule has 0 aliphatic rings. The second kappa shape index (κ2) is 4.75. The molecule has 1 rings (SSSR count). The molecular formula is C10H13FN2O2. The highest BCUT2D eigenvalue weighted by atomic mass is 19.1. The minimum Gasteiger partial charge on any atom is -0.481 e. The lowest BCUT2D eigenvalue weighted by atomic mass is 10.0. The quantitative estimate of drug-likeness (QED) is 0.656. The lowest BCUT2D eigenvalue weighted by Gasteiger charge is -2.11. The number of anilines is 1. The Labute approximate surface area is 86.7 Å². The fourth-order valence-electron chi connectivity index (χ4n) is 1.24. The van der Waals surface area contributed by atoms with Crippen LogP contribution in [-0.2, 0) is 4.79 Å². The molecule has 0 amide bonds. The third-order valence-electron chi connectivity index (χ3n) is 2.12. The SMILES string of the molecule is Nc1cc(C(N)CCC(=O)O)ccc1F. The molecule has 1 aromatic carbocycles. The Kier molecular flexibility index (Phi) is 3.62. The maximum absolute atomic E-state index is 12.8. The summed E-state index contributed by atoms with van der Waals surface area (Å²) in [7, 11) is 0. The van der Waals surface area contributed by atoms with Crippen LogP contribution in [0.25, 0.3) is 0 Å². The molecule has 0 radical (unpaired) electrons. The fraction of sp³-hybridized carbons (Fsp3) is 0.300. The number of carboxylic acid groups (broad SMARTS) is 1. The van der Waals surface area contributed by atoms with Crippen LogP contribution in [0.1, 0.15) is 24.4 Å². The van der Waals surface area contributed by atoms with Gasteiger partial charge in [0.05, 0.1) is 5.69 Å². The van der Waals surface area contributed by atoms with Gasteiger partial charge in [0, 0.05) is 12.5 Å². The molecule has 0 saturated carbocycles. The molecule has 0 aliphatic heterocycles. The summed E-state index contributed by atoms with van der Waals surface area (Å²) in [5, 5.41) is 8.47. The van der Waals surface area contributed by atoms with Gasteiger partial charge in [0.25, 0.3) is 0 Å². The topological polar surface area (TPSA) is 89.3 Å². The Morgan fingerprint density at radius 1 is 1.53 bits per heavy atom. The Balaban J connectivity index is 2.69. The lowest BCUT2D eigenvalue weighted by molar-refractivity contribution is -0.137. The number of aliphatic carboxylic acids is 1. The van der Waals surface area contributed by atoms with E-state index in [0.717, 1.165) is 0 Å². The molecule has 15 heavy (non-hydrogen) atoms. The van der Waals surface area contributed by atoms with Crippen molar-refractivity contribution < 1.29 is 14.3 Å². The van der Waals surface area contributed by atoms with Gasteiger partial charge in [-0.2, -0.15) is 0 Å². The van der Waals surface area contributed by atoms with E-state index in [4.69, 9.17) is 16.6 Å². The molecule has 0 spiro atoms. The number of hydrogen-bond acceptors (Lipinski definition) is 3. The number of nitrogen functional groups attached to an aromatic ring is 1. The molecule has 0 saturated heterocycles. The zero-order chi connectivity index (χ0) is 11.4. The van der Waals surface area contributed by atoms with Gasteiger partial charge in [0.1, 0.15) is 5.82 Å². The molecule has 0 bridgehead atoms. The van der Waals surface area contributed by atoms with Crippen molar-refractivity contribution in [1.82, 2.24) is 0 Å². The second-order valence-electron chi connectivity index (χ2n) is 3.32. The number of halogens is 1. The average Bonchev–Trinajstić information content (AvgIpc) is 2.18. The second-order valence-corrected chi connectivity index (χ2v) is 3.32. The zero-order valence-corrected chi connectivity index (χ0v) is 8.11. The summed E-state index contributed by atoms with van der Waals surface area (Å²) in [6, 6.07) is 3.75. The molecular weight excluding hydrogens is 199 g/mol. The van der Waals surface area contributed by atoms with E-state index < -0.39 is 17.8 Å². The van der Waals surface area contributed by atoms with Gasteiger partial charge >= 0.3 is 5.97 Å². The van der Waals surface area contributed by atoms with Gasteiger partial charge in [-0.3, -0.25) is 4.79 Å². The van der Waals surface area contributed by atoms with Gasteiger partial charge in [-0.15, -0.1) is 0 Å². The number of rotatable bonds is 4. The first-order valence-electron chi connectivity index (χ1n) is 4.53. The average molecular weight is 212 g/mol. The van der Waals surface area contributed by atoms with Crippen molar-refractivity contribution in [3.63, 3.8) is 0 Å². The van der Waals surface area contributed by atoms with Crippen LogP contribution in [0.5, 0.6) is 0 Å². The summed E-state index contributed by atoms with van der Waals surface area (Å²) in [4.78, 5) is 10.3. The predicted octanol–water partition coefficient (Wildman–Crippen LogP) is 1.27. The smallest absolute Gasteiger partial charge is 0.303 e. The number of carboxylic acids is 1. The molecule has 1 unspecified atom stereocenters. The Morgan fingerprint density at radius 2 is 2.20 bits per heavy atom. The van der Waals surface area contributed by atoms with Gasteiger partial charge in [0.15, 0.2) is 0 Å². The van der Waals surface area contributed by atoms with Crippen LogP contribution in [-0.4, -0.2) is 11.1 Å². The van der Waals surface area contributed by atoms with Crippen LogP contribution in [0.2, 0.25) is 0 Å². The van der Waals surface area contributed by atoms with Crippen molar-refractivity contribution in [2.24, 2.45) is 5.73 Å². The summed E-state index contributed by atoms with van der Waals surface area (Å²) in [6.07, 6.45) is 0.291. The predicted molar refractivity (Wildman–Crippen MR) is 54.6 cm³/mol. The minimum absolute atomic E-state index is 0.0154. The highest BCUT2D eigenvalue weighted by molar-refractivity contribution is 5.66. The van der Waals surface area contributed by atoms with E-state index in [-0.39, 0.29) is 12.1 Å². The molecule has 1 aromatic rings. The van der Waals surface area contributed by atoms with Gasteiger partial charge in [0.2, 0.25) is 0 Å². The zero-order valence-electron chi connectivity index (χ0n) is 8.11. The first-order chi connectivity index (χ1) is 7.00. The highest BCUT2D eigenvalue weighted by Gasteiger charge is 2.09. The monoisotopic (exact) mass is 212 g/mol. The Morgan fingerprint density at radius 3 is 2.73 bits per heavy atom. The van der Waals surface area contributed by atoms with Gasteiger partial charge in [-0.1, -0.05) is 6.07 Å². The summed E-state index contributed by atoms with van der Waals surface area (Å²) in [5.41, 5.74) is 11.8. The number of hydrogen-bond donors (Lipinski definition) is 3. The third kappa shape index (κ3) is 3.21. The van der Waals surface area contributed by atoms with Crippen molar-refractivity contribution in [1.29, 1.82) is 0 Å². The van der Waals surface area contributed by atoms with E-state index in [0.29, 0.717) is 12.0 Å². The maximum Gasteiger partial charge on any atom is 0.303 e. The van der Waals surface area contributed by atoms with Crippen LogP contribution in [0.4, 0.5) is 10.1 Å². The summed E-state index contributed by atoms with van der Waals surface area (Å²) in [5.74, 6) is -1.40. The minimum atomic E-state index is -0.902. The van der Waals surface area contributed by atoms with Crippen LogP contribution in [0, 0.1) is 5.82 Å². The Bertz CT molecular complexity index is 368. The van der Waals surface area contributed by atoms with E-state index >= 15 is 0 Å². The fourth-order valence-corrected chi connectivity index (χ4v) is 1.24.